The normalized spacial score (nSPS) is 10.3. The third kappa shape index (κ3) is 5.10. The highest BCUT2D eigenvalue weighted by Gasteiger charge is 2.06. The van der Waals surface area contributed by atoms with Crippen LogP contribution in [0.15, 0.2) is 27.6 Å². The summed E-state index contributed by atoms with van der Waals surface area (Å²) in [6, 6.07) is 6.12. The molecule has 1 N–H and O–H groups in total. The van der Waals surface area contributed by atoms with Gasteiger partial charge in [-0.15, -0.1) is 11.8 Å². The Hall–Kier alpha value is -0.520. The van der Waals surface area contributed by atoms with E-state index in [-0.39, 0.29) is 5.97 Å². The van der Waals surface area contributed by atoms with E-state index >= 15 is 0 Å². The first-order valence-corrected chi connectivity index (χ1v) is 7.16. The maximum atomic E-state index is 11.2. The summed E-state index contributed by atoms with van der Waals surface area (Å²) >= 11 is 4.99. The van der Waals surface area contributed by atoms with Crippen molar-refractivity contribution in [3.05, 3.63) is 28.2 Å². The first-order valence-electron chi connectivity index (χ1n) is 5.38. The number of esters is 1. The molecule has 3 nitrogen and oxygen atoms in total. The molecule has 0 aliphatic carbocycles. The molecule has 0 atom stereocenters. The van der Waals surface area contributed by atoms with Crippen LogP contribution in [0.5, 0.6) is 0 Å². The van der Waals surface area contributed by atoms with Crippen LogP contribution in [0.4, 0.5) is 0 Å². The van der Waals surface area contributed by atoms with E-state index in [9.17, 15) is 4.79 Å². The summed E-state index contributed by atoms with van der Waals surface area (Å²) in [5.74, 6) is 0.168. The van der Waals surface area contributed by atoms with Gasteiger partial charge in [0.2, 0.25) is 0 Å². The van der Waals surface area contributed by atoms with Crippen LogP contribution in [-0.4, -0.2) is 25.4 Å². The third-order valence-electron chi connectivity index (χ3n) is 2.03. The Bertz CT molecular complexity index is 385. The lowest BCUT2D eigenvalue weighted by Crippen LogP contribution is -2.07. The number of thioether (sulfide) groups is 1. The van der Waals surface area contributed by atoms with E-state index < -0.39 is 0 Å². The molecule has 0 amide bonds. The van der Waals surface area contributed by atoms with Gasteiger partial charge < -0.3 is 10.1 Å². The van der Waals surface area contributed by atoms with Crippen molar-refractivity contribution >= 4 is 33.7 Å². The highest BCUT2D eigenvalue weighted by Crippen LogP contribution is 2.28. The van der Waals surface area contributed by atoms with Crippen LogP contribution >= 0.6 is 27.7 Å². The van der Waals surface area contributed by atoms with Crippen molar-refractivity contribution in [3.8, 4) is 0 Å². The predicted molar refractivity (Wildman–Crippen MR) is 74.3 cm³/mol. The summed E-state index contributed by atoms with van der Waals surface area (Å²) < 4.78 is 5.89. The van der Waals surface area contributed by atoms with Gasteiger partial charge in [0.25, 0.3) is 0 Å². The average molecular weight is 318 g/mol. The van der Waals surface area contributed by atoms with Crippen LogP contribution < -0.4 is 5.32 Å². The van der Waals surface area contributed by atoms with Gasteiger partial charge in [-0.05, 0) is 47.6 Å². The predicted octanol–water partition coefficient (Wildman–Crippen LogP) is 2.82. The number of rotatable bonds is 6. The molecule has 0 bridgehead atoms. The van der Waals surface area contributed by atoms with Crippen LogP contribution in [0.1, 0.15) is 12.5 Å². The Morgan fingerprint density at radius 2 is 2.29 bits per heavy atom. The van der Waals surface area contributed by atoms with E-state index in [0.29, 0.717) is 12.4 Å². The second-order valence-electron chi connectivity index (χ2n) is 3.39. The van der Waals surface area contributed by atoms with Crippen molar-refractivity contribution in [1.29, 1.82) is 0 Å². The first kappa shape index (κ1) is 14.5. The lowest BCUT2D eigenvalue weighted by molar-refractivity contribution is -0.139. The Balaban J connectivity index is 2.57. The van der Waals surface area contributed by atoms with Crippen molar-refractivity contribution in [3.63, 3.8) is 0 Å². The number of carbonyl (C=O) groups is 1. The molecular weight excluding hydrogens is 302 g/mol. The molecule has 0 aromatic heterocycles. The largest absolute Gasteiger partial charge is 0.465 e. The van der Waals surface area contributed by atoms with E-state index in [1.54, 1.807) is 0 Å². The quantitative estimate of drug-likeness (QED) is 0.647. The number of benzene rings is 1. The van der Waals surface area contributed by atoms with Crippen LogP contribution in [0.2, 0.25) is 0 Å². The summed E-state index contributed by atoms with van der Waals surface area (Å²) in [4.78, 5) is 12.3. The summed E-state index contributed by atoms with van der Waals surface area (Å²) in [7, 11) is 1.91. The Labute approximate surface area is 114 Å². The van der Waals surface area contributed by atoms with E-state index in [4.69, 9.17) is 4.74 Å². The zero-order valence-electron chi connectivity index (χ0n) is 9.96. The minimum absolute atomic E-state index is 0.177. The smallest absolute Gasteiger partial charge is 0.316 e. The van der Waals surface area contributed by atoms with Gasteiger partial charge in [-0.25, -0.2) is 0 Å². The number of ether oxygens (including phenoxy) is 1. The van der Waals surface area contributed by atoms with Gasteiger partial charge in [-0.2, -0.15) is 0 Å². The number of hydrogen-bond acceptors (Lipinski definition) is 4. The zero-order valence-corrected chi connectivity index (χ0v) is 12.4. The van der Waals surface area contributed by atoms with E-state index in [1.807, 2.05) is 20.0 Å². The molecule has 0 saturated heterocycles. The van der Waals surface area contributed by atoms with Gasteiger partial charge in [-0.3, -0.25) is 4.79 Å². The molecule has 0 unspecified atom stereocenters. The van der Waals surface area contributed by atoms with Crippen LogP contribution in [0, 0.1) is 0 Å². The minimum Gasteiger partial charge on any atom is -0.465 e. The molecule has 0 fully saturated rings. The van der Waals surface area contributed by atoms with E-state index in [1.165, 1.54) is 17.3 Å². The van der Waals surface area contributed by atoms with E-state index in [2.05, 4.69) is 33.4 Å². The number of hydrogen-bond donors (Lipinski definition) is 1. The lowest BCUT2D eigenvalue weighted by atomic mass is 10.2. The molecule has 0 saturated carbocycles. The highest BCUT2D eigenvalue weighted by atomic mass is 79.9. The molecule has 17 heavy (non-hydrogen) atoms. The lowest BCUT2D eigenvalue weighted by Gasteiger charge is -2.07. The summed E-state index contributed by atoms with van der Waals surface area (Å²) in [5, 5.41) is 3.10. The molecule has 5 heteroatoms. The highest BCUT2D eigenvalue weighted by molar-refractivity contribution is 9.10. The van der Waals surface area contributed by atoms with Gasteiger partial charge in [0.15, 0.2) is 0 Å². The van der Waals surface area contributed by atoms with Crippen LogP contribution in [0.3, 0.4) is 0 Å². The van der Waals surface area contributed by atoms with Crippen molar-refractivity contribution in [1.82, 2.24) is 5.32 Å². The molecule has 0 heterocycles. The van der Waals surface area contributed by atoms with Crippen molar-refractivity contribution in [2.75, 3.05) is 19.4 Å². The maximum Gasteiger partial charge on any atom is 0.316 e. The second-order valence-corrected chi connectivity index (χ2v) is 5.26. The number of nitrogens with one attached hydrogen (secondary N) is 1. The first-order chi connectivity index (χ1) is 8.17. The fraction of sp³-hybridized carbons (Fsp3) is 0.417. The molecule has 0 aliphatic rings. The molecule has 1 aromatic carbocycles. The van der Waals surface area contributed by atoms with Crippen LogP contribution in [-0.2, 0) is 16.1 Å². The number of halogens is 1. The van der Waals surface area contributed by atoms with Crippen molar-refractivity contribution in [2.24, 2.45) is 0 Å². The number of carbonyl (C=O) groups excluding carboxylic acids is 1. The standard InChI is InChI=1S/C12H16BrNO2S/c1-3-16-12(15)8-17-11-5-4-9(7-14-2)6-10(11)13/h4-6,14H,3,7-8H2,1-2H3. The van der Waals surface area contributed by atoms with Gasteiger partial charge >= 0.3 is 5.97 Å². The Kier molecular flexibility index (Phi) is 6.62. The van der Waals surface area contributed by atoms with Gasteiger partial charge in [0, 0.05) is 15.9 Å². The Morgan fingerprint density at radius 3 is 2.88 bits per heavy atom. The molecule has 0 aliphatic heterocycles. The molecule has 0 spiro atoms. The third-order valence-corrected chi connectivity index (χ3v) is 3.99. The Morgan fingerprint density at radius 1 is 1.53 bits per heavy atom. The molecule has 0 radical (unpaired) electrons. The average Bonchev–Trinajstić information content (AvgIpc) is 2.29. The fourth-order valence-electron chi connectivity index (χ4n) is 1.31. The maximum absolute atomic E-state index is 11.2. The van der Waals surface area contributed by atoms with Crippen LogP contribution in [0.25, 0.3) is 0 Å². The molecule has 94 valence electrons. The molecular formula is C12H16BrNO2S. The van der Waals surface area contributed by atoms with Gasteiger partial charge in [0.1, 0.15) is 0 Å². The van der Waals surface area contributed by atoms with Crippen molar-refractivity contribution in [2.45, 2.75) is 18.4 Å². The second kappa shape index (κ2) is 7.74. The minimum atomic E-state index is -0.177. The summed E-state index contributed by atoms with van der Waals surface area (Å²) in [6.45, 7) is 3.08. The monoisotopic (exact) mass is 317 g/mol. The topological polar surface area (TPSA) is 38.3 Å². The SMILES string of the molecule is CCOC(=O)CSc1ccc(CNC)cc1Br. The summed E-state index contributed by atoms with van der Waals surface area (Å²) in [5.41, 5.74) is 1.21. The van der Waals surface area contributed by atoms with Crippen molar-refractivity contribution < 1.29 is 9.53 Å². The molecule has 1 rings (SSSR count). The molecule has 1 aromatic rings. The fourth-order valence-corrected chi connectivity index (χ4v) is 2.80. The van der Waals surface area contributed by atoms with Gasteiger partial charge in [0.05, 0.1) is 12.4 Å². The zero-order chi connectivity index (χ0) is 12.7. The van der Waals surface area contributed by atoms with Gasteiger partial charge in [-0.1, -0.05) is 6.07 Å². The summed E-state index contributed by atoms with van der Waals surface area (Å²) in [6.07, 6.45) is 0. The van der Waals surface area contributed by atoms with E-state index in [0.717, 1.165) is 15.9 Å².